The fraction of sp³-hybridized carbons (Fsp3) is 1.00. The fourth-order valence-corrected chi connectivity index (χ4v) is 3.59. The number of hydrogen-bond acceptors (Lipinski definition) is 2. The van der Waals surface area contributed by atoms with Crippen molar-refractivity contribution in [2.75, 3.05) is 6.54 Å². The second-order valence-corrected chi connectivity index (χ2v) is 6.29. The molecule has 0 aromatic carbocycles. The smallest absolute Gasteiger partial charge is 0.393 e. The van der Waals surface area contributed by atoms with Gasteiger partial charge in [0, 0.05) is 11.6 Å². The van der Waals surface area contributed by atoms with Gasteiger partial charge in [-0.15, -0.1) is 0 Å². The average molecular weight is 265 g/mol. The van der Waals surface area contributed by atoms with Crippen LogP contribution in [0.2, 0.25) is 0 Å². The first kappa shape index (κ1) is 14.1. The number of rotatable bonds is 1. The molecule has 0 aromatic rings. The lowest BCUT2D eigenvalue weighted by molar-refractivity contribution is -0.208. The van der Waals surface area contributed by atoms with Crippen molar-refractivity contribution in [2.24, 2.45) is 5.92 Å². The van der Waals surface area contributed by atoms with E-state index < -0.39 is 24.2 Å². The van der Waals surface area contributed by atoms with Crippen LogP contribution >= 0.6 is 0 Å². The van der Waals surface area contributed by atoms with E-state index in [1.54, 1.807) is 0 Å². The summed E-state index contributed by atoms with van der Waals surface area (Å²) in [6.07, 6.45) is -2.26. The molecule has 2 nitrogen and oxygen atoms in total. The van der Waals surface area contributed by atoms with Crippen LogP contribution in [0.15, 0.2) is 0 Å². The first-order valence-electron chi connectivity index (χ1n) is 6.73. The van der Waals surface area contributed by atoms with Crippen molar-refractivity contribution in [3.8, 4) is 0 Å². The summed E-state index contributed by atoms with van der Waals surface area (Å²) in [6.45, 7) is 4.74. The molecule has 3 unspecified atom stereocenters. The Morgan fingerprint density at radius 3 is 2.39 bits per heavy atom. The van der Waals surface area contributed by atoms with Crippen LogP contribution in [0.1, 0.15) is 46.0 Å². The molecule has 2 fully saturated rings. The first-order chi connectivity index (χ1) is 8.22. The number of aliphatic hydroxyl groups is 1. The van der Waals surface area contributed by atoms with E-state index in [1.807, 2.05) is 18.7 Å². The first-order valence-corrected chi connectivity index (χ1v) is 6.73. The molecule has 106 valence electrons. The SMILES string of the molecule is CC1(C)CCCN1C1CC(O)CCC1C(F)(F)F. The molecule has 1 saturated heterocycles. The second-order valence-electron chi connectivity index (χ2n) is 6.29. The molecule has 1 saturated carbocycles. The van der Waals surface area contributed by atoms with Crippen molar-refractivity contribution in [3.05, 3.63) is 0 Å². The Morgan fingerprint density at radius 1 is 1.22 bits per heavy atom. The largest absolute Gasteiger partial charge is 0.393 e. The monoisotopic (exact) mass is 265 g/mol. The van der Waals surface area contributed by atoms with Crippen LogP contribution in [0.4, 0.5) is 13.2 Å². The normalized spacial score (nSPS) is 38.0. The van der Waals surface area contributed by atoms with Crippen molar-refractivity contribution in [3.63, 3.8) is 0 Å². The Kier molecular flexibility index (Phi) is 3.67. The zero-order valence-corrected chi connectivity index (χ0v) is 11.0. The summed E-state index contributed by atoms with van der Waals surface area (Å²) in [7, 11) is 0. The molecule has 2 aliphatic rings. The predicted molar refractivity (Wildman–Crippen MR) is 63.2 cm³/mol. The van der Waals surface area contributed by atoms with E-state index in [1.165, 1.54) is 0 Å². The lowest BCUT2D eigenvalue weighted by atomic mass is 9.80. The van der Waals surface area contributed by atoms with E-state index in [2.05, 4.69) is 0 Å². The van der Waals surface area contributed by atoms with Gasteiger partial charge in [-0.05, 0) is 52.5 Å². The number of aliphatic hydroxyl groups excluding tert-OH is 1. The second kappa shape index (κ2) is 4.67. The van der Waals surface area contributed by atoms with Gasteiger partial charge in [0.25, 0.3) is 0 Å². The van der Waals surface area contributed by atoms with Gasteiger partial charge in [-0.1, -0.05) is 0 Å². The Bertz CT molecular complexity index is 301. The Balaban J connectivity index is 2.20. The van der Waals surface area contributed by atoms with Crippen molar-refractivity contribution >= 4 is 0 Å². The molecule has 2 rings (SSSR count). The highest BCUT2D eigenvalue weighted by Gasteiger charge is 2.51. The van der Waals surface area contributed by atoms with Gasteiger partial charge < -0.3 is 5.11 Å². The predicted octanol–water partition coefficient (Wildman–Crippen LogP) is 2.95. The fourth-order valence-electron chi connectivity index (χ4n) is 3.59. The number of nitrogens with zero attached hydrogens (tertiary/aromatic N) is 1. The molecular weight excluding hydrogens is 243 g/mol. The summed E-state index contributed by atoms with van der Waals surface area (Å²) in [5.41, 5.74) is -0.175. The van der Waals surface area contributed by atoms with Gasteiger partial charge in [0.05, 0.1) is 12.0 Å². The molecular formula is C13H22F3NO. The van der Waals surface area contributed by atoms with Gasteiger partial charge in [0.1, 0.15) is 0 Å². The Labute approximate surface area is 106 Å². The van der Waals surface area contributed by atoms with Crippen molar-refractivity contribution in [1.29, 1.82) is 0 Å². The third kappa shape index (κ3) is 2.67. The van der Waals surface area contributed by atoms with E-state index in [4.69, 9.17) is 0 Å². The van der Waals surface area contributed by atoms with Crippen molar-refractivity contribution in [1.82, 2.24) is 4.90 Å². The van der Waals surface area contributed by atoms with E-state index >= 15 is 0 Å². The van der Waals surface area contributed by atoms with Gasteiger partial charge in [0.2, 0.25) is 0 Å². The maximum absolute atomic E-state index is 13.1. The molecule has 18 heavy (non-hydrogen) atoms. The molecule has 0 bridgehead atoms. The van der Waals surface area contributed by atoms with Gasteiger partial charge in [-0.2, -0.15) is 13.2 Å². The number of hydrogen-bond donors (Lipinski definition) is 1. The summed E-state index contributed by atoms with van der Waals surface area (Å²) in [6, 6.07) is -0.550. The molecule has 1 aliphatic carbocycles. The highest BCUT2D eigenvalue weighted by Crippen LogP contribution is 2.44. The van der Waals surface area contributed by atoms with E-state index in [0.717, 1.165) is 19.4 Å². The summed E-state index contributed by atoms with van der Waals surface area (Å²) >= 11 is 0. The maximum Gasteiger partial charge on any atom is 0.393 e. The van der Waals surface area contributed by atoms with Gasteiger partial charge in [0.15, 0.2) is 0 Å². The Morgan fingerprint density at radius 2 is 1.89 bits per heavy atom. The minimum absolute atomic E-state index is 0.0575. The lowest BCUT2D eigenvalue weighted by Gasteiger charge is -2.46. The van der Waals surface area contributed by atoms with Crippen LogP contribution in [-0.2, 0) is 0 Å². The Hall–Kier alpha value is -0.290. The third-order valence-corrected chi connectivity index (χ3v) is 4.57. The molecule has 1 heterocycles. The quantitative estimate of drug-likeness (QED) is 0.788. The van der Waals surface area contributed by atoms with Gasteiger partial charge >= 0.3 is 6.18 Å². The highest BCUT2D eigenvalue weighted by atomic mass is 19.4. The summed E-state index contributed by atoms with van der Waals surface area (Å²) < 4.78 is 39.3. The third-order valence-electron chi connectivity index (χ3n) is 4.57. The minimum atomic E-state index is -4.15. The van der Waals surface area contributed by atoms with Crippen LogP contribution in [-0.4, -0.2) is 40.4 Å². The summed E-state index contributed by atoms with van der Waals surface area (Å²) in [5.74, 6) is -1.28. The van der Waals surface area contributed by atoms with Crippen LogP contribution < -0.4 is 0 Å². The molecule has 5 heteroatoms. The van der Waals surface area contributed by atoms with Crippen LogP contribution in [0.3, 0.4) is 0 Å². The lowest BCUT2D eigenvalue weighted by Crippen LogP contribution is -2.55. The zero-order valence-electron chi connectivity index (χ0n) is 11.0. The molecule has 1 N–H and O–H groups in total. The number of likely N-dealkylation sites (tertiary alicyclic amines) is 1. The van der Waals surface area contributed by atoms with Crippen LogP contribution in [0, 0.1) is 5.92 Å². The number of halogens is 3. The topological polar surface area (TPSA) is 23.5 Å². The highest BCUT2D eigenvalue weighted by molar-refractivity contribution is 4.98. The molecule has 3 atom stereocenters. The molecule has 1 aliphatic heterocycles. The minimum Gasteiger partial charge on any atom is -0.393 e. The molecule has 0 spiro atoms. The van der Waals surface area contributed by atoms with Crippen LogP contribution in [0.5, 0.6) is 0 Å². The summed E-state index contributed by atoms with van der Waals surface area (Å²) in [5, 5.41) is 9.70. The van der Waals surface area contributed by atoms with Crippen molar-refractivity contribution < 1.29 is 18.3 Å². The number of alkyl halides is 3. The van der Waals surface area contributed by atoms with Crippen LogP contribution in [0.25, 0.3) is 0 Å². The van der Waals surface area contributed by atoms with Gasteiger partial charge in [-0.25, -0.2) is 0 Å². The maximum atomic E-state index is 13.1. The molecule has 0 radical (unpaired) electrons. The van der Waals surface area contributed by atoms with Crippen molar-refractivity contribution in [2.45, 2.75) is 69.8 Å². The van der Waals surface area contributed by atoms with Gasteiger partial charge in [-0.3, -0.25) is 4.90 Å². The average Bonchev–Trinajstić information content (AvgIpc) is 2.55. The summed E-state index contributed by atoms with van der Waals surface area (Å²) in [4.78, 5) is 1.98. The zero-order chi connectivity index (χ0) is 13.6. The molecule has 0 amide bonds. The van der Waals surface area contributed by atoms with E-state index in [0.29, 0.717) is 0 Å². The van der Waals surface area contributed by atoms with E-state index in [9.17, 15) is 18.3 Å². The van der Waals surface area contributed by atoms with E-state index in [-0.39, 0.29) is 24.8 Å². The molecule has 0 aromatic heterocycles. The standard InChI is InChI=1S/C13H22F3NO/c1-12(2)6-3-7-17(12)11-8-9(18)4-5-10(11)13(14,15)16/h9-11,18H,3-8H2,1-2H3.